The maximum Gasteiger partial charge on any atom is 0.251 e. The highest BCUT2D eigenvalue weighted by atomic mass is 16.7. The van der Waals surface area contributed by atoms with Gasteiger partial charge in [-0.25, -0.2) is 0 Å². The van der Waals surface area contributed by atoms with Crippen molar-refractivity contribution in [1.29, 1.82) is 0 Å². The Labute approximate surface area is 179 Å². The molecule has 6 rings (SSSR count). The number of fused-ring (bicyclic) bond motifs is 4. The number of carbonyl (C=O) groups excluding carboxylic acids is 1. The van der Waals surface area contributed by atoms with Crippen molar-refractivity contribution in [2.75, 3.05) is 6.79 Å². The fraction of sp³-hybridized carbons (Fsp3) is 0.115. The van der Waals surface area contributed by atoms with Crippen molar-refractivity contribution in [2.24, 2.45) is 0 Å². The summed E-state index contributed by atoms with van der Waals surface area (Å²) < 4.78 is 17.4. The molecule has 152 valence electrons. The molecule has 0 saturated heterocycles. The third-order valence-corrected chi connectivity index (χ3v) is 5.81. The molecule has 4 aromatic carbocycles. The van der Waals surface area contributed by atoms with E-state index in [9.17, 15) is 4.79 Å². The van der Waals surface area contributed by atoms with E-state index in [0.29, 0.717) is 18.7 Å². The van der Waals surface area contributed by atoms with E-state index in [0.717, 1.165) is 50.3 Å². The van der Waals surface area contributed by atoms with Gasteiger partial charge < -0.3 is 19.5 Å². The highest BCUT2D eigenvalue weighted by Crippen LogP contribution is 2.47. The molecule has 1 amide bonds. The molecule has 0 aliphatic carbocycles. The summed E-state index contributed by atoms with van der Waals surface area (Å²) in [4.78, 5) is 12.4. The number of benzene rings is 4. The molecule has 0 radical (unpaired) electrons. The minimum absolute atomic E-state index is 0.0429. The number of ether oxygens (including phenoxy) is 3. The predicted octanol–water partition coefficient (Wildman–Crippen LogP) is 5.06. The molecule has 31 heavy (non-hydrogen) atoms. The van der Waals surface area contributed by atoms with Gasteiger partial charge in [-0.15, -0.1) is 0 Å². The second-order valence-corrected chi connectivity index (χ2v) is 7.66. The molecule has 5 nitrogen and oxygen atoms in total. The molecule has 5 heteroatoms. The van der Waals surface area contributed by atoms with Gasteiger partial charge in [-0.05, 0) is 51.9 Å². The number of nitrogens with one attached hydrogen (secondary N) is 1. The van der Waals surface area contributed by atoms with E-state index < -0.39 is 0 Å². The Morgan fingerprint density at radius 1 is 0.935 bits per heavy atom. The first kappa shape index (κ1) is 17.8. The zero-order valence-corrected chi connectivity index (χ0v) is 16.7. The largest absolute Gasteiger partial charge is 0.489 e. The number of hydrogen-bond acceptors (Lipinski definition) is 4. The Morgan fingerprint density at radius 3 is 2.61 bits per heavy atom. The van der Waals surface area contributed by atoms with Crippen LogP contribution in [0.3, 0.4) is 0 Å². The van der Waals surface area contributed by atoms with Gasteiger partial charge in [-0.1, -0.05) is 48.5 Å². The standard InChI is InChI=1S/C26H19NO4/c28-26-20-12-18-8-11-22-25(31-15-30-22)24(18)23(21(20)13-27-26)17-6-9-19(10-7-17)29-14-16-4-2-1-3-5-16/h1-12H,13-15H2,(H,27,28). The van der Waals surface area contributed by atoms with Crippen molar-refractivity contribution in [2.45, 2.75) is 13.2 Å². The Kier molecular flexibility index (Phi) is 4.06. The first-order valence-corrected chi connectivity index (χ1v) is 10.2. The van der Waals surface area contributed by atoms with Gasteiger partial charge in [-0.3, -0.25) is 4.79 Å². The minimum atomic E-state index is -0.0429. The van der Waals surface area contributed by atoms with Gasteiger partial charge in [-0.2, -0.15) is 0 Å². The lowest BCUT2D eigenvalue weighted by Gasteiger charge is -2.15. The van der Waals surface area contributed by atoms with Gasteiger partial charge in [0.1, 0.15) is 12.4 Å². The van der Waals surface area contributed by atoms with E-state index in [1.807, 2.05) is 72.8 Å². The van der Waals surface area contributed by atoms with Crippen LogP contribution < -0.4 is 19.5 Å². The first-order chi connectivity index (χ1) is 15.3. The smallest absolute Gasteiger partial charge is 0.251 e. The van der Waals surface area contributed by atoms with Crippen molar-refractivity contribution in [3.8, 4) is 28.4 Å². The van der Waals surface area contributed by atoms with Gasteiger partial charge in [0.15, 0.2) is 11.5 Å². The molecule has 0 atom stereocenters. The number of hydrogen-bond donors (Lipinski definition) is 1. The zero-order valence-electron chi connectivity index (χ0n) is 16.7. The van der Waals surface area contributed by atoms with Crippen molar-refractivity contribution in [1.82, 2.24) is 5.32 Å². The maximum absolute atomic E-state index is 12.4. The molecule has 0 saturated carbocycles. The molecule has 0 unspecified atom stereocenters. The van der Waals surface area contributed by atoms with E-state index in [-0.39, 0.29) is 12.7 Å². The van der Waals surface area contributed by atoms with Crippen LogP contribution in [-0.2, 0) is 13.2 Å². The van der Waals surface area contributed by atoms with Crippen molar-refractivity contribution in [3.63, 3.8) is 0 Å². The second-order valence-electron chi connectivity index (χ2n) is 7.66. The van der Waals surface area contributed by atoms with Gasteiger partial charge in [0, 0.05) is 17.5 Å². The van der Waals surface area contributed by atoms with E-state index in [4.69, 9.17) is 14.2 Å². The van der Waals surface area contributed by atoms with Crippen molar-refractivity contribution in [3.05, 3.63) is 89.5 Å². The normalized spacial score (nSPS) is 13.9. The van der Waals surface area contributed by atoms with E-state index >= 15 is 0 Å². The lowest BCUT2D eigenvalue weighted by atomic mass is 9.90. The molecule has 4 aromatic rings. The van der Waals surface area contributed by atoms with Crippen LogP contribution in [0, 0.1) is 0 Å². The number of rotatable bonds is 4. The molecule has 0 bridgehead atoms. The first-order valence-electron chi connectivity index (χ1n) is 10.2. The molecule has 1 N–H and O–H groups in total. The second kappa shape index (κ2) is 7.06. The Balaban J connectivity index is 1.44. The summed E-state index contributed by atoms with van der Waals surface area (Å²) in [6, 6.07) is 23.9. The van der Waals surface area contributed by atoms with Crippen LogP contribution in [0.5, 0.6) is 17.2 Å². The predicted molar refractivity (Wildman–Crippen MR) is 117 cm³/mol. The van der Waals surface area contributed by atoms with Crippen molar-refractivity contribution < 1.29 is 19.0 Å². The van der Waals surface area contributed by atoms with Crippen LogP contribution in [0.25, 0.3) is 21.9 Å². The molecule has 2 aliphatic heterocycles. The zero-order chi connectivity index (χ0) is 20.8. The lowest BCUT2D eigenvalue weighted by Crippen LogP contribution is -2.12. The number of carbonyl (C=O) groups is 1. The van der Waals surface area contributed by atoms with E-state index in [1.165, 1.54) is 0 Å². The van der Waals surface area contributed by atoms with Gasteiger partial charge in [0.25, 0.3) is 5.91 Å². The summed E-state index contributed by atoms with van der Waals surface area (Å²) in [6.45, 7) is 1.21. The number of amides is 1. The molecular formula is C26H19NO4. The summed E-state index contributed by atoms with van der Waals surface area (Å²) in [5.74, 6) is 2.22. The molecule has 2 aliphatic rings. The minimum Gasteiger partial charge on any atom is -0.489 e. The SMILES string of the molecule is O=C1NCc2c1cc1ccc3c(c1c2-c1ccc(OCc2ccccc2)cc1)OCO3. The molecule has 0 spiro atoms. The Morgan fingerprint density at radius 2 is 1.77 bits per heavy atom. The Hall–Kier alpha value is -3.99. The highest BCUT2D eigenvalue weighted by Gasteiger charge is 2.28. The molecule has 0 aromatic heterocycles. The summed E-state index contributed by atoms with van der Waals surface area (Å²) in [5, 5.41) is 4.88. The summed E-state index contributed by atoms with van der Waals surface area (Å²) in [6.07, 6.45) is 0. The lowest BCUT2D eigenvalue weighted by molar-refractivity contribution is 0.0966. The third-order valence-electron chi connectivity index (χ3n) is 5.81. The van der Waals surface area contributed by atoms with Crippen LogP contribution in [0.4, 0.5) is 0 Å². The van der Waals surface area contributed by atoms with Crippen LogP contribution >= 0.6 is 0 Å². The highest BCUT2D eigenvalue weighted by molar-refractivity contribution is 6.11. The summed E-state index contributed by atoms with van der Waals surface area (Å²) >= 11 is 0. The summed E-state index contributed by atoms with van der Waals surface area (Å²) in [5.41, 5.74) is 4.83. The fourth-order valence-electron chi connectivity index (χ4n) is 4.32. The van der Waals surface area contributed by atoms with Crippen LogP contribution in [0.1, 0.15) is 21.5 Å². The van der Waals surface area contributed by atoms with E-state index in [2.05, 4.69) is 5.32 Å². The van der Waals surface area contributed by atoms with Crippen LogP contribution in [0.2, 0.25) is 0 Å². The maximum atomic E-state index is 12.4. The Bertz CT molecular complexity index is 1310. The van der Waals surface area contributed by atoms with Gasteiger partial charge in [0.05, 0.1) is 0 Å². The third kappa shape index (κ3) is 2.97. The van der Waals surface area contributed by atoms with Crippen LogP contribution in [0.15, 0.2) is 72.8 Å². The fourth-order valence-corrected chi connectivity index (χ4v) is 4.32. The van der Waals surface area contributed by atoms with Gasteiger partial charge >= 0.3 is 0 Å². The summed E-state index contributed by atoms with van der Waals surface area (Å²) in [7, 11) is 0. The van der Waals surface area contributed by atoms with E-state index in [1.54, 1.807) is 0 Å². The topological polar surface area (TPSA) is 56.8 Å². The average molecular weight is 409 g/mol. The van der Waals surface area contributed by atoms with Crippen molar-refractivity contribution >= 4 is 16.7 Å². The average Bonchev–Trinajstić information content (AvgIpc) is 3.44. The monoisotopic (exact) mass is 409 g/mol. The van der Waals surface area contributed by atoms with Crippen LogP contribution in [-0.4, -0.2) is 12.7 Å². The molecule has 0 fully saturated rings. The quantitative estimate of drug-likeness (QED) is 0.512. The van der Waals surface area contributed by atoms with Gasteiger partial charge in [0.2, 0.25) is 6.79 Å². The molecule has 2 heterocycles. The molecular weight excluding hydrogens is 390 g/mol.